The maximum atomic E-state index is 11.5. The Morgan fingerprint density at radius 2 is 2.33 bits per heavy atom. The van der Waals surface area contributed by atoms with Gasteiger partial charge in [-0.25, -0.2) is 13.4 Å². The summed E-state index contributed by atoms with van der Waals surface area (Å²) < 4.78 is 24.1. The molecule has 1 aliphatic heterocycles. The molecule has 0 saturated carbocycles. The Morgan fingerprint density at radius 1 is 1.50 bits per heavy atom. The van der Waals surface area contributed by atoms with Crippen LogP contribution in [-0.4, -0.2) is 47.1 Å². The Kier molecular flexibility index (Phi) is 3.95. The minimum atomic E-state index is -2.86. The summed E-state index contributed by atoms with van der Waals surface area (Å²) in [6.07, 6.45) is 3.94. The summed E-state index contributed by atoms with van der Waals surface area (Å²) in [5.41, 5.74) is 0. The maximum absolute atomic E-state index is 11.5. The number of carbonyl (C=O) groups excluding carboxylic acids is 1. The molecule has 0 aliphatic carbocycles. The highest BCUT2D eigenvalue weighted by Crippen LogP contribution is 2.17. The number of aryl methyl sites for hydroxylation is 1. The third kappa shape index (κ3) is 3.80. The van der Waals surface area contributed by atoms with Crippen molar-refractivity contribution in [2.75, 3.05) is 18.1 Å². The van der Waals surface area contributed by atoms with Gasteiger partial charge in [0.1, 0.15) is 12.7 Å². The van der Waals surface area contributed by atoms with E-state index in [1.807, 2.05) is 0 Å². The molecular weight excluding hydrogens is 256 g/mol. The zero-order valence-corrected chi connectivity index (χ0v) is 10.8. The van der Waals surface area contributed by atoms with Gasteiger partial charge in [0.25, 0.3) is 0 Å². The molecule has 0 radical (unpaired) electrons. The number of hydrogen-bond acceptors (Lipinski definition) is 5. The zero-order valence-electron chi connectivity index (χ0n) is 9.95. The fourth-order valence-corrected chi connectivity index (χ4v) is 3.81. The van der Waals surface area contributed by atoms with E-state index in [9.17, 15) is 13.2 Å². The fraction of sp³-hybridized carbons (Fsp3) is 0.700. The highest BCUT2D eigenvalue weighted by atomic mass is 32.2. The van der Waals surface area contributed by atoms with Gasteiger partial charge in [0, 0.05) is 13.0 Å². The van der Waals surface area contributed by atoms with Crippen LogP contribution in [0.3, 0.4) is 0 Å². The van der Waals surface area contributed by atoms with Crippen molar-refractivity contribution in [3.8, 4) is 0 Å². The first-order valence-corrected chi connectivity index (χ1v) is 7.67. The summed E-state index contributed by atoms with van der Waals surface area (Å²) in [6, 6.07) is 0. The Balaban J connectivity index is 1.66. The first-order chi connectivity index (χ1) is 8.55. The predicted octanol–water partition coefficient (Wildman–Crippen LogP) is -0.781. The predicted molar refractivity (Wildman–Crippen MR) is 64.4 cm³/mol. The third-order valence-corrected chi connectivity index (χ3v) is 4.79. The van der Waals surface area contributed by atoms with Crippen LogP contribution in [0.15, 0.2) is 12.7 Å². The van der Waals surface area contributed by atoms with Crippen molar-refractivity contribution < 1.29 is 13.2 Å². The molecule has 1 fully saturated rings. The highest BCUT2D eigenvalue weighted by molar-refractivity contribution is 7.91. The highest BCUT2D eigenvalue weighted by Gasteiger charge is 2.27. The van der Waals surface area contributed by atoms with Gasteiger partial charge in [0.15, 0.2) is 9.84 Å². The third-order valence-electron chi connectivity index (χ3n) is 2.95. The van der Waals surface area contributed by atoms with Crippen LogP contribution in [0.2, 0.25) is 0 Å². The number of nitrogens with zero attached hydrogens (tertiary/aromatic N) is 3. The summed E-state index contributed by atoms with van der Waals surface area (Å²) >= 11 is 0. The van der Waals surface area contributed by atoms with Crippen LogP contribution in [0.25, 0.3) is 0 Å². The number of rotatable bonds is 5. The Bertz CT molecular complexity index is 497. The lowest BCUT2D eigenvalue weighted by atomic mass is 10.1. The lowest BCUT2D eigenvalue weighted by molar-refractivity contribution is -0.121. The van der Waals surface area contributed by atoms with Crippen molar-refractivity contribution >= 4 is 15.7 Å². The van der Waals surface area contributed by atoms with Crippen molar-refractivity contribution in [2.45, 2.75) is 19.4 Å². The smallest absolute Gasteiger partial charge is 0.221 e. The number of nitrogens with one attached hydrogen (secondary N) is 1. The molecule has 2 rings (SSSR count). The lowest BCUT2D eigenvalue weighted by Gasteiger charge is -2.09. The molecule has 1 saturated heterocycles. The topological polar surface area (TPSA) is 93.9 Å². The van der Waals surface area contributed by atoms with Gasteiger partial charge in [0.05, 0.1) is 18.1 Å². The number of amides is 1. The Labute approximate surface area is 106 Å². The summed E-state index contributed by atoms with van der Waals surface area (Å²) in [5, 5.41) is 6.65. The quantitative estimate of drug-likeness (QED) is 0.759. The molecule has 0 aromatic carbocycles. The van der Waals surface area contributed by atoms with E-state index in [0.717, 1.165) is 0 Å². The van der Waals surface area contributed by atoms with Crippen molar-refractivity contribution in [1.29, 1.82) is 0 Å². The second-order valence-corrected chi connectivity index (χ2v) is 6.71. The summed E-state index contributed by atoms with van der Waals surface area (Å²) in [6.45, 7) is 0.921. The number of hydrogen-bond donors (Lipinski definition) is 1. The molecule has 100 valence electrons. The van der Waals surface area contributed by atoms with Gasteiger partial charge in [-0.3, -0.25) is 9.48 Å². The second-order valence-electron chi connectivity index (χ2n) is 4.48. The lowest BCUT2D eigenvalue weighted by Crippen LogP contribution is -2.30. The molecule has 2 heterocycles. The van der Waals surface area contributed by atoms with E-state index in [-0.39, 0.29) is 23.3 Å². The molecule has 1 aromatic rings. The largest absolute Gasteiger partial charge is 0.356 e. The minimum absolute atomic E-state index is 0.0605. The van der Waals surface area contributed by atoms with Crippen LogP contribution >= 0.6 is 0 Å². The molecular formula is C10H16N4O3S. The van der Waals surface area contributed by atoms with E-state index in [1.165, 1.54) is 6.33 Å². The maximum Gasteiger partial charge on any atom is 0.221 e. The number of aromatic nitrogens is 3. The van der Waals surface area contributed by atoms with Crippen molar-refractivity contribution in [2.24, 2.45) is 5.92 Å². The Hall–Kier alpha value is -1.44. The molecule has 0 spiro atoms. The summed E-state index contributed by atoms with van der Waals surface area (Å²) in [7, 11) is -2.86. The first-order valence-electron chi connectivity index (χ1n) is 5.85. The van der Waals surface area contributed by atoms with Crippen LogP contribution in [0.1, 0.15) is 12.8 Å². The van der Waals surface area contributed by atoms with Crippen LogP contribution in [0.5, 0.6) is 0 Å². The molecule has 1 amide bonds. The van der Waals surface area contributed by atoms with Crippen LogP contribution < -0.4 is 5.32 Å². The average Bonchev–Trinajstić information content (AvgIpc) is 2.93. The van der Waals surface area contributed by atoms with E-state index in [0.29, 0.717) is 25.9 Å². The monoisotopic (exact) mass is 272 g/mol. The molecule has 0 unspecified atom stereocenters. The second kappa shape index (κ2) is 5.47. The molecule has 1 atom stereocenters. The molecule has 0 bridgehead atoms. The number of carbonyl (C=O) groups is 1. The molecule has 1 N–H and O–H groups in total. The van der Waals surface area contributed by atoms with Crippen molar-refractivity contribution in [3.05, 3.63) is 12.7 Å². The number of sulfone groups is 1. The van der Waals surface area contributed by atoms with Crippen molar-refractivity contribution in [1.82, 2.24) is 20.1 Å². The van der Waals surface area contributed by atoms with E-state index >= 15 is 0 Å². The molecule has 18 heavy (non-hydrogen) atoms. The van der Waals surface area contributed by atoms with Crippen LogP contribution in [-0.2, 0) is 21.2 Å². The summed E-state index contributed by atoms with van der Waals surface area (Å²) in [4.78, 5) is 15.3. The standard InChI is InChI=1S/C10H16N4O3S/c15-10(1-3-14-8-11-7-13-14)12-5-9-2-4-18(16,17)6-9/h7-9H,1-6H2,(H,12,15)/t9-/m1/s1. The van der Waals surface area contributed by atoms with Gasteiger partial charge in [0.2, 0.25) is 5.91 Å². The van der Waals surface area contributed by atoms with Gasteiger partial charge >= 0.3 is 0 Å². The van der Waals surface area contributed by atoms with Crippen molar-refractivity contribution in [3.63, 3.8) is 0 Å². The molecule has 8 heteroatoms. The molecule has 1 aliphatic rings. The SMILES string of the molecule is O=C(CCn1cncn1)NC[C@H]1CCS(=O)(=O)C1. The molecule has 1 aromatic heterocycles. The first kappa shape index (κ1) is 13.0. The van der Waals surface area contributed by atoms with Crippen LogP contribution in [0.4, 0.5) is 0 Å². The average molecular weight is 272 g/mol. The van der Waals surface area contributed by atoms with Gasteiger partial charge < -0.3 is 5.32 Å². The zero-order chi connectivity index (χ0) is 13.0. The fourth-order valence-electron chi connectivity index (χ4n) is 1.94. The van der Waals surface area contributed by atoms with Gasteiger partial charge in [-0.15, -0.1) is 0 Å². The minimum Gasteiger partial charge on any atom is -0.356 e. The van der Waals surface area contributed by atoms with Gasteiger partial charge in [-0.2, -0.15) is 5.10 Å². The van der Waals surface area contributed by atoms with E-state index in [1.54, 1.807) is 11.0 Å². The van der Waals surface area contributed by atoms with Crippen LogP contribution in [0, 0.1) is 5.92 Å². The summed E-state index contributed by atoms with van der Waals surface area (Å²) in [5.74, 6) is 0.406. The van der Waals surface area contributed by atoms with Gasteiger partial charge in [-0.05, 0) is 12.3 Å². The van der Waals surface area contributed by atoms with E-state index in [4.69, 9.17) is 0 Å². The van der Waals surface area contributed by atoms with Gasteiger partial charge in [-0.1, -0.05) is 0 Å². The van der Waals surface area contributed by atoms with E-state index in [2.05, 4.69) is 15.4 Å². The van der Waals surface area contributed by atoms with E-state index < -0.39 is 9.84 Å². The normalized spacial score (nSPS) is 21.9. The molecule has 7 nitrogen and oxygen atoms in total. The Morgan fingerprint density at radius 3 is 2.94 bits per heavy atom.